The zero-order chi connectivity index (χ0) is 13.3. The molecule has 7 nitrogen and oxygen atoms in total. The molecule has 0 saturated carbocycles. The fraction of sp³-hybridized carbons (Fsp3) is 0.333. The fourth-order valence-electron chi connectivity index (χ4n) is 1.45. The van der Waals surface area contributed by atoms with Crippen LogP contribution >= 0.6 is 11.3 Å². The molecule has 98 valence electrons. The highest BCUT2D eigenvalue weighted by Gasteiger charge is 2.20. The Bertz CT molecular complexity index is 710. The number of rotatable bonds is 4. The van der Waals surface area contributed by atoms with Gasteiger partial charge in [-0.2, -0.15) is 5.10 Å². The van der Waals surface area contributed by atoms with E-state index in [-0.39, 0.29) is 15.6 Å². The molecule has 0 aliphatic carbocycles. The number of thiazole rings is 1. The van der Waals surface area contributed by atoms with Crippen molar-refractivity contribution in [2.45, 2.75) is 17.7 Å². The van der Waals surface area contributed by atoms with E-state index < -0.39 is 10.0 Å². The van der Waals surface area contributed by atoms with Crippen LogP contribution in [0.1, 0.15) is 11.3 Å². The van der Waals surface area contributed by atoms with Gasteiger partial charge in [-0.05, 0) is 6.92 Å². The molecule has 0 aliphatic rings. The van der Waals surface area contributed by atoms with E-state index in [0.717, 1.165) is 5.56 Å². The zero-order valence-electron chi connectivity index (χ0n) is 9.80. The van der Waals surface area contributed by atoms with Gasteiger partial charge >= 0.3 is 4.87 Å². The van der Waals surface area contributed by atoms with Crippen LogP contribution in [0, 0.1) is 6.92 Å². The van der Waals surface area contributed by atoms with Gasteiger partial charge in [-0.15, -0.1) is 0 Å². The van der Waals surface area contributed by atoms with E-state index in [1.54, 1.807) is 31.0 Å². The first-order valence-corrected chi connectivity index (χ1v) is 7.35. The van der Waals surface area contributed by atoms with Gasteiger partial charge in [0, 0.05) is 31.0 Å². The van der Waals surface area contributed by atoms with Crippen LogP contribution < -0.4 is 9.60 Å². The quantitative estimate of drug-likeness (QED) is 0.824. The van der Waals surface area contributed by atoms with Gasteiger partial charge < -0.3 is 4.98 Å². The first-order valence-electron chi connectivity index (χ1n) is 5.05. The summed E-state index contributed by atoms with van der Waals surface area (Å²) >= 11 is 0.679. The molecule has 0 amide bonds. The van der Waals surface area contributed by atoms with E-state index in [4.69, 9.17) is 0 Å². The van der Waals surface area contributed by atoms with Crippen LogP contribution in [0.3, 0.4) is 0 Å². The smallest absolute Gasteiger partial charge is 0.305 e. The van der Waals surface area contributed by atoms with Gasteiger partial charge in [0.15, 0.2) is 4.21 Å². The van der Waals surface area contributed by atoms with Crippen molar-refractivity contribution >= 4 is 21.4 Å². The molecule has 2 aromatic rings. The van der Waals surface area contributed by atoms with Crippen LogP contribution in [0.4, 0.5) is 0 Å². The lowest BCUT2D eigenvalue weighted by molar-refractivity contribution is 0.582. The second-order valence-electron chi connectivity index (χ2n) is 3.77. The molecular formula is C9H12N4O3S2. The second kappa shape index (κ2) is 4.67. The third kappa shape index (κ3) is 2.68. The van der Waals surface area contributed by atoms with Crippen molar-refractivity contribution in [1.82, 2.24) is 19.5 Å². The molecular weight excluding hydrogens is 276 g/mol. The maximum Gasteiger partial charge on any atom is 0.305 e. The minimum Gasteiger partial charge on any atom is -0.315 e. The Morgan fingerprint density at radius 1 is 1.56 bits per heavy atom. The molecule has 2 heterocycles. The molecule has 2 rings (SSSR count). The van der Waals surface area contributed by atoms with Crippen molar-refractivity contribution in [3.63, 3.8) is 0 Å². The van der Waals surface area contributed by atoms with Crippen molar-refractivity contribution < 1.29 is 8.42 Å². The van der Waals surface area contributed by atoms with Gasteiger partial charge in [-0.1, -0.05) is 11.3 Å². The van der Waals surface area contributed by atoms with E-state index in [2.05, 4.69) is 14.8 Å². The largest absolute Gasteiger partial charge is 0.315 e. The van der Waals surface area contributed by atoms with Crippen LogP contribution in [0.5, 0.6) is 0 Å². The maximum absolute atomic E-state index is 12.0. The Labute approximate surface area is 108 Å². The molecule has 0 bridgehead atoms. The number of hydrogen-bond acceptors (Lipinski definition) is 5. The van der Waals surface area contributed by atoms with Gasteiger partial charge in [0.2, 0.25) is 0 Å². The summed E-state index contributed by atoms with van der Waals surface area (Å²) in [4.78, 5) is 13.2. The Balaban J connectivity index is 2.18. The molecule has 0 fully saturated rings. The minimum atomic E-state index is -3.66. The fourth-order valence-corrected chi connectivity index (χ4v) is 3.82. The lowest BCUT2D eigenvalue weighted by Gasteiger charge is -2.03. The van der Waals surface area contributed by atoms with Gasteiger partial charge in [-0.3, -0.25) is 9.48 Å². The summed E-state index contributed by atoms with van der Waals surface area (Å²) in [5.41, 5.74) is 1.10. The number of nitrogens with zero attached hydrogens (tertiary/aromatic N) is 2. The summed E-state index contributed by atoms with van der Waals surface area (Å²) < 4.78 is 28.0. The summed E-state index contributed by atoms with van der Waals surface area (Å²) in [5.74, 6) is 0. The molecule has 18 heavy (non-hydrogen) atoms. The van der Waals surface area contributed by atoms with Crippen LogP contribution in [0.2, 0.25) is 0 Å². The summed E-state index contributed by atoms with van der Waals surface area (Å²) in [6.07, 6.45) is 3.30. The van der Waals surface area contributed by atoms with E-state index in [1.165, 1.54) is 0 Å². The second-order valence-corrected chi connectivity index (χ2v) is 6.72. The van der Waals surface area contributed by atoms with Crippen molar-refractivity contribution in [2.24, 2.45) is 7.05 Å². The molecule has 0 aromatic carbocycles. The van der Waals surface area contributed by atoms with Gasteiger partial charge in [-0.25, -0.2) is 13.1 Å². The standard InChI is InChI=1S/C9H12N4O3S2/c1-6-8(17-9(14)12-6)18(15,16)11-4-7-3-10-13(2)5-7/h3,5,11H,4H2,1-2H3,(H,12,14). The van der Waals surface area contributed by atoms with Crippen molar-refractivity contribution in [3.8, 4) is 0 Å². The monoisotopic (exact) mass is 288 g/mol. The molecule has 0 radical (unpaired) electrons. The average Bonchev–Trinajstić information content (AvgIpc) is 2.82. The van der Waals surface area contributed by atoms with Crippen molar-refractivity contribution in [2.75, 3.05) is 0 Å². The number of H-pyrrole nitrogens is 1. The Kier molecular flexibility index (Phi) is 3.37. The number of hydrogen-bond donors (Lipinski definition) is 2. The normalized spacial score (nSPS) is 11.9. The molecule has 0 spiro atoms. The lowest BCUT2D eigenvalue weighted by Crippen LogP contribution is -2.22. The van der Waals surface area contributed by atoms with Gasteiger partial charge in [0.05, 0.1) is 6.20 Å². The number of aromatic nitrogens is 3. The highest BCUT2D eigenvalue weighted by atomic mass is 32.2. The Morgan fingerprint density at radius 3 is 2.78 bits per heavy atom. The van der Waals surface area contributed by atoms with Crippen LogP contribution in [0.15, 0.2) is 21.4 Å². The maximum atomic E-state index is 12.0. The van der Waals surface area contributed by atoms with Crippen molar-refractivity contribution in [1.29, 1.82) is 0 Å². The van der Waals surface area contributed by atoms with Crippen LogP contribution in [0.25, 0.3) is 0 Å². The highest BCUT2D eigenvalue weighted by Crippen LogP contribution is 2.15. The molecule has 0 aliphatic heterocycles. The Hall–Kier alpha value is -1.45. The van der Waals surface area contributed by atoms with E-state index >= 15 is 0 Å². The van der Waals surface area contributed by atoms with Gasteiger partial charge in [0.1, 0.15) is 0 Å². The number of aromatic amines is 1. The van der Waals surface area contributed by atoms with Crippen LogP contribution in [-0.4, -0.2) is 23.2 Å². The summed E-state index contributed by atoms with van der Waals surface area (Å²) in [6, 6.07) is 0. The van der Waals surface area contributed by atoms with Gasteiger partial charge in [0.25, 0.3) is 10.0 Å². The molecule has 2 N–H and O–H groups in total. The molecule has 9 heteroatoms. The first-order chi connectivity index (χ1) is 8.38. The zero-order valence-corrected chi connectivity index (χ0v) is 11.4. The third-order valence-corrected chi connectivity index (χ3v) is 5.26. The van der Waals surface area contributed by atoms with E-state index in [9.17, 15) is 13.2 Å². The number of sulfonamides is 1. The number of nitrogens with one attached hydrogen (secondary N) is 2. The lowest BCUT2D eigenvalue weighted by atomic mass is 10.4. The summed E-state index contributed by atoms with van der Waals surface area (Å²) in [5, 5.41) is 3.94. The molecule has 0 saturated heterocycles. The SMILES string of the molecule is Cc1[nH]c(=O)sc1S(=O)(=O)NCc1cnn(C)c1. The molecule has 2 aromatic heterocycles. The first kappa shape index (κ1) is 13.0. The summed E-state index contributed by atoms with van der Waals surface area (Å²) in [6.45, 7) is 1.69. The Morgan fingerprint density at radius 2 is 2.28 bits per heavy atom. The molecule has 0 unspecified atom stereocenters. The topological polar surface area (TPSA) is 96.8 Å². The predicted molar refractivity (Wildman–Crippen MR) is 66.9 cm³/mol. The third-order valence-electron chi connectivity index (χ3n) is 2.25. The minimum absolute atomic E-state index is 0.0244. The van der Waals surface area contributed by atoms with E-state index in [1.807, 2.05) is 0 Å². The predicted octanol–water partition coefficient (Wildman–Crippen LogP) is -0.0432. The molecule has 0 atom stereocenters. The van der Waals surface area contributed by atoms with E-state index in [0.29, 0.717) is 17.0 Å². The summed E-state index contributed by atoms with van der Waals surface area (Å²) in [7, 11) is -1.91. The average molecular weight is 288 g/mol. The van der Waals surface area contributed by atoms with Crippen molar-refractivity contribution in [3.05, 3.63) is 33.3 Å². The number of aryl methyl sites for hydroxylation is 2. The highest BCUT2D eigenvalue weighted by molar-refractivity contribution is 7.91. The van der Waals surface area contributed by atoms with Crippen LogP contribution in [-0.2, 0) is 23.6 Å².